The molecule has 0 unspecified atom stereocenters. The Hall–Kier alpha value is -2.27. The highest BCUT2D eigenvalue weighted by molar-refractivity contribution is 7.98. The number of hydrogen-bond donors (Lipinski definition) is 0. The van der Waals surface area contributed by atoms with Crippen LogP contribution in [-0.4, -0.2) is 36.6 Å². The number of carbonyl (C=O) groups excluding carboxylic acids is 2. The summed E-state index contributed by atoms with van der Waals surface area (Å²) in [6.07, 6.45) is 3.51. The molecule has 1 saturated heterocycles. The highest BCUT2D eigenvalue weighted by Crippen LogP contribution is 2.23. The van der Waals surface area contributed by atoms with E-state index in [9.17, 15) is 9.59 Å². The predicted molar refractivity (Wildman–Crippen MR) is 102 cm³/mol. The molecule has 2 aromatic rings. The molecule has 0 saturated carbocycles. The van der Waals surface area contributed by atoms with Crippen LogP contribution in [0.15, 0.2) is 53.4 Å². The first kappa shape index (κ1) is 17.5. The second-order valence-corrected chi connectivity index (χ2v) is 7.09. The number of anilines is 1. The molecule has 0 N–H and O–H groups in total. The molecule has 25 heavy (non-hydrogen) atoms. The van der Waals surface area contributed by atoms with Crippen molar-refractivity contribution in [3.05, 3.63) is 59.7 Å². The van der Waals surface area contributed by atoms with Crippen LogP contribution in [0.2, 0.25) is 0 Å². The van der Waals surface area contributed by atoms with Gasteiger partial charge < -0.3 is 9.80 Å². The van der Waals surface area contributed by atoms with Crippen LogP contribution in [0.4, 0.5) is 5.69 Å². The number of benzene rings is 2. The van der Waals surface area contributed by atoms with Crippen molar-refractivity contribution >= 4 is 29.3 Å². The molecule has 1 fully saturated rings. The predicted octanol–water partition coefficient (Wildman–Crippen LogP) is 3.81. The van der Waals surface area contributed by atoms with E-state index in [0.717, 1.165) is 24.2 Å². The van der Waals surface area contributed by atoms with Crippen LogP contribution in [0.25, 0.3) is 0 Å². The molecule has 2 aromatic carbocycles. The third-order valence-electron chi connectivity index (χ3n) is 4.40. The third kappa shape index (κ3) is 4.04. The molecule has 1 heterocycles. The Labute approximate surface area is 152 Å². The standard InChI is InChI=1S/C20H22N2O2S/c1-21(14-15-8-10-18(25-2)11-9-15)20(24)16-5-3-6-17(13-16)22-12-4-7-19(22)23/h3,5-6,8-11,13H,4,7,12,14H2,1-2H3. The van der Waals surface area contributed by atoms with E-state index >= 15 is 0 Å². The molecule has 5 heteroatoms. The van der Waals surface area contributed by atoms with E-state index in [2.05, 4.69) is 24.3 Å². The largest absolute Gasteiger partial charge is 0.337 e. The zero-order valence-electron chi connectivity index (χ0n) is 14.6. The highest BCUT2D eigenvalue weighted by atomic mass is 32.2. The first-order valence-electron chi connectivity index (χ1n) is 8.37. The average Bonchev–Trinajstić information content (AvgIpc) is 3.08. The fraction of sp³-hybridized carbons (Fsp3) is 0.300. The lowest BCUT2D eigenvalue weighted by Gasteiger charge is -2.20. The van der Waals surface area contributed by atoms with Gasteiger partial charge in [0.2, 0.25) is 5.91 Å². The fourth-order valence-electron chi connectivity index (χ4n) is 3.02. The van der Waals surface area contributed by atoms with Gasteiger partial charge in [-0.1, -0.05) is 18.2 Å². The zero-order valence-corrected chi connectivity index (χ0v) is 15.4. The lowest BCUT2D eigenvalue weighted by Crippen LogP contribution is -2.27. The van der Waals surface area contributed by atoms with Crippen molar-refractivity contribution in [2.75, 3.05) is 24.7 Å². The minimum absolute atomic E-state index is 0.0394. The van der Waals surface area contributed by atoms with Gasteiger partial charge in [0.25, 0.3) is 5.91 Å². The molecule has 0 aliphatic carbocycles. The van der Waals surface area contributed by atoms with Crippen molar-refractivity contribution < 1.29 is 9.59 Å². The third-order valence-corrected chi connectivity index (χ3v) is 5.15. The molecule has 0 atom stereocenters. The Morgan fingerprint density at radius 1 is 1.20 bits per heavy atom. The molecule has 4 nitrogen and oxygen atoms in total. The molecular weight excluding hydrogens is 332 g/mol. The van der Waals surface area contributed by atoms with Crippen molar-refractivity contribution in [3.8, 4) is 0 Å². The first-order chi connectivity index (χ1) is 12.1. The molecule has 0 aromatic heterocycles. The van der Waals surface area contributed by atoms with E-state index < -0.39 is 0 Å². The van der Waals surface area contributed by atoms with Gasteiger partial charge in [0.1, 0.15) is 0 Å². The van der Waals surface area contributed by atoms with Crippen LogP contribution in [0.3, 0.4) is 0 Å². The summed E-state index contributed by atoms with van der Waals surface area (Å²) in [6, 6.07) is 15.6. The van der Waals surface area contributed by atoms with Gasteiger partial charge in [0.05, 0.1) is 0 Å². The van der Waals surface area contributed by atoms with Crippen LogP contribution in [0, 0.1) is 0 Å². The summed E-state index contributed by atoms with van der Waals surface area (Å²) in [6.45, 7) is 1.29. The number of thioether (sulfide) groups is 1. The van der Waals surface area contributed by atoms with Crippen LogP contribution in [0.1, 0.15) is 28.8 Å². The Bertz CT molecular complexity index is 774. The van der Waals surface area contributed by atoms with Crippen molar-refractivity contribution in [3.63, 3.8) is 0 Å². The summed E-state index contributed by atoms with van der Waals surface area (Å²) in [5, 5.41) is 0. The molecule has 0 radical (unpaired) electrons. The van der Waals surface area contributed by atoms with Crippen molar-refractivity contribution in [1.82, 2.24) is 4.90 Å². The van der Waals surface area contributed by atoms with Gasteiger partial charge in [-0.2, -0.15) is 0 Å². The van der Waals surface area contributed by atoms with Gasteiger partial charge in [-0.15, -0.1) is 11.8 Å². The Morgan fingerprint density at radius 2 is 1.96 bits per heavy atom. The van der Waals surface area contributed by atoms with Gasteiger partial charge in [0.15, 0.2) is 0 Å². The Balaban J connectivity index is 1.72. The SMILES string of the molecule is CSc1ccc(CN(C)C(=O)c2cccc(N3CCCC3=O)c2)cc1. The summed E-state index contributed by atoms with van der Waals surface area (Å²) in [7, 11) is 1.80. The van der Waals surface area contributed by atoms with E-state index in [-0.39, 0.29) is 11.8 Å². The van der Waals surface area contributed by atoms with E-state index in [1.54, 1.807) is 34.7 Å². The molecule has 0 bridgehead atoms. The number of hydrogen-bond acceptors (Lipinski definition) is 3. The molecule has 3 rings (SSSR count). The first-order valence-corrected chi connectivity index (χ1v) is 9.60. The second-order valence-electron chi connectivity index (χ2n) is 6.21. The molecule has 1 aliphatic rings. The summed E-state index contributed by atoms with van der Waals surface area (Å²) < 4.78 is 0. The van der Waals surface area contributed by atoms with Gasteiger partial charge in [-0.3, -0.25) is 9.59 Å². The highest BCUT2D eigenvalue weighted by Gasteiger charge is 2.22. The van der Waals surface area contributed by atoms with Gasteiger partial charge in [0, 0.05) is 42.7 Å². The van der Waals surface area contributed by atoms with Crippen LogP contribution < -0.4 is 4.90 Å². The molecule has 1 aliphatic heterocycles. The van der Waals surface area contributed by atoms with Crippen LogP contribution >= 0.6 is 11.8 Å². The maximum Gasteiger partial charge on any atom is 0.253 e. The van der Waals surface area contributed by atoms with Gasteiger partial charge in [-0.05, 0) is 48.6 Å². The maximum atomic E-state index is 12.7. The smallest absolute Gasteiger partial charge is 0.253 e. The van der Waals surface area contributed by atoms with E-state index in [0.29, 0.717) is 18.5 Å². The van der Waals surface area contributed by atoms with E-state index in [1.165, 1.54) is 4.90 Å². The maximum absolute atomic E-state index is 12.7. The molecule has 130 valence electrons. The topological polar surface area (TPSA) is 40.6 Å². The summed E-state index contributed by atoms with van der Waals surface area (Å²) in [5.41, 5.74) is 2.52. The molecule has 2 amide bonds. The average molecular weight is 354 g/mol. The monoisotopic (exact) mass is 354 g/mol. The number of nitrogens with zero attached hydrogens (tertiary/aromatic N) is 2. The van der Waals surface area contributed by atoms with E-state index in [4.69, 9.17) is 0 Å². The summed E-state index contributed by atoms with van der Waals surface area (Å²) >= 11 is 1.70. The second kappa shape index (κ2) is 7.74. The normalized spacial score (nSPS) is 14.0. The van der Waals surface area contributed by atoms with Crippen molar-refractivity contribution in [2.45, 2.75) is 24.3 Å². The minimum Gasteiger partial charge on any atom is -0.337 e. The summed E-state index contributed by atoms with van der Waals surface area (Å²) in [5.74, 6) is 0.0919. The lowest BCUT2D eigenvalue weighted by atomic mass is 10.1. The number of carbonyl (C=O) groups is 2. The number of amides is 2. The molecular formula is C20H22N2O2S. The van der Waals surface area contributed by atoms with E-state index in [1.807, 2.05) is 24.5 Å². The number of rotatable bonds is 5. The lowest BCUT2D eigenvalue weighted by molar-refractivity contribution is -0.117. The minimum atomic E-state index is -0.0394. The quantitative estimate of drug-likeness (QED) is 0.767. The van der Waals surface area contributed by atoms with Gasteiger partial charge in [-0.25, -0.2) is 0 Å². The van der Waals surface area contributed by atoms with Crippen LogP contribution in [0.5, 0.6) is 0 Å². The zero-order chi connectivity index (χ0) is 17.8. The molecule has 0 spiro atoms. The van der Waals surface area contributed by atoms with Gasteiger partial charge >= 0.3 is 0 Å². The summed E-state index contributed by atoms with van der Waals surface area (Å²) in [4.78, 5) is 29.3. The Kier molecular flexibility index (Phi) is 5.43. The van der Waals surface area contributed by atoms with Crippen LogP contribution in [-0.2, 0) is 11.3 Å². The Morgan fingerprint density at radius 3 is 2.60 bits per heavy atom. The fourth-order valence-corrected chi connectivity index (χ4v) is 3.43. The van der Waals surface area contributed by atoms with Crippen molar-refractivity contribution in [2.24, 2.45) is 0 Å². The van der Waals surface area contributed by atoms with Crippen molar-refractivity contribution in [1.29, 1.82) is 0 Å².